The molecule has 0 aliphatic heterocycles. The van der Waals surface area contributed by atoms with Crippen molar-refractivity contribution in [3.05, 3.63) is 0 Å². The average Bonchev–Trinajstić information content (AvgIpc) is 1.80. The smallest absolute Gasteiger partial charge is 0.232 e. The van der Waals surface area contributed by atoms with Crippen LogP contribution in [0.4, 0.5) is 0 Å². The molecule has 1 fully saturated rings. The Labute approximate surface area is 77.5 Å². The van der Waals surface area contributed by atoms with Crippen molar-refractivity contribution in [1.82, 2.24) is 0 Å². The van der Waals surface area contributed by atoms with Crippen molar-refractivity contribution in [2.75, 3.05) is 12.4 Å². The summed E-state index contributed by atoms with van der Waals surface area (Å²) in [4.78, 5) is 0. The highest BCUT2D eigenvalue weighted by molar-refractivity contribution is 8.13. The second-order valence-electron chi connectivity index (χ2n) is 3.02. The van der Waals surface area contributed by atoms with Crippen molar-refractivity contribution in [1.29, 1.82) is 0 Å². The minimum absolute atomic E-state index is 0.0152. The van der Waals surface area contributed by atoms with Gasteiger partial charge < -0.3 is 4.74 Å². The third-order valence-corrected chi connectivity index (χ3v) is 3.18. The van der Waals surface area contributed by atoms with E-state index in [0.717, 1.165) is 12.8 Å². The number of ether oxygens (including phenoxy) is 1. The molecule has 1 rings (SSSR count). The number of rotatable bonds is 5. The highest BCUT2D eigenvalue weighted by Crippen LogP contribution is 2.21. The monoisotopic (exact) mass is 212 g/mol. The third kappa shape index (κ3) is 4.28. The van der Waals surface area contributed by atoms with Gasteiger partial charge in [0.05, 0.1) is 11.9 Å². The van der Waals surface area contributed by atoms with E-state index in [2.05, 4.69) is 0 Å². The van der Waals surface area contributed by atoms with Gasteiger partial charge in [-0.3, -0.25) is 0 Å². The van der Waals surface area contributed by atoms with Gasteiger partial charge in [-0.25, -0.2) is 8.42 Å². The summed E-state index contributed by atoms with van der Waals surface area (Å²) < 4.78 is 26.3. The van der Waals surface area contributed by atoms with Gasteiger partial charge in [-0.2, -0.15) is 0 Å². The van der Waals surface area contributed by atoms with Crippen LogP contribution in [-0.4, -0.2) is 26.9 Å². The molecular formula is C7H13ClO3S. The van der Waals surface area contributed by atoms with Gasteiger partial charge in [0.25, 0.3) is 0 Å². The first-order valence-electron chi connectivity index (χ1n) is 4.12. The van der Waals surface area contributed by atoms with Crippen LogP contribution in [-0.2, 0) is 13.8 Å². The van der Waals surface area contributed by atoms with Gasteiger partial charge in [-0.15, -0.1) is 0 Å². The van der Waals surface area contributed by atoms with Crippen LogP contribution in [0.15, 0.2) is 0 Å². The van der Waals surface area contributed by atoms with E-state index in [0.29, 0.717) is 19.1 Å². The Kier molecular flexibility index (Phi) is 3.80. The maximum Gasteiger partial charge on any atom is 0.232 e. The second kappa shape index (κ2) is 4.44. The van der Waals surface area contributed by atoms with Crippen LogP contribution in [0, 0.1) is 0 Å². The van der Waals surface area contributed by atoms with Gasteiger partial charge in [0.1, 0.15) is 0 Å². The molecule has 0 heterocycles. The maximum atomic E-state index is 10.5. The zero-order valence-corrected chi connectivity index (χ0v) is 8.40. The van der Waals surface area contributed by atoms with E-state index in [4.69, 9.17) is 15.4 Å². The normalized spacial score (nSPS) is 19.1. The first-order chi connectivity index (χ1) is 5.58. The molecule has 0 aromatic heterocycles. The van der Waals surface area contributed by atoms with Crippen LogP contribution in [0.1, 0.15) is 25.7 Å². The van der Waals surface area contributed by atoms with Gasteiger partial charge >= 0.3 is 0 Å². The predicted octanol–water partition coefficient (Wildman–Crippen LogP) is 1.51. The Hall–Kier alpha value is 0.200. The van der Waals surface area contributed by atoms with Crippen molar-refractivity contribution >= 4 is 19.7 Å². The van der Waals surface area contributed by atoms with Gasteiger partial charge in [0, 0.05) is 17.3 Å². The Morgan fingerprint density at radius 3 is 2.50 bits per heavy atom. The van der Waals surface area contributed by atoms with Crippen LogP contribution in [0.3, 0.4) is 0 Å². The van der Waals surface area contributed by atoms with E-state index in [9.17, 15) is 8.42 Å². The van der Waals surface area contributed by atoms with Crippen molar-refractivity contribution in [3.8, 4) is 0 Å². The topological polar surface area (TPSA) is 43.4 Å². The largest absolute Gasteiger partial charge is 0.378 e. The van der Waals surface area contributed by atoms with Crippen LogP contribution < -0.4 is 0 Å². The minimum Gasteiger partial charge on any atom is -0.378 e. The Bertz CT molecular complexity index is 221. The molecule has 0 spiro atoms. The van der Waals surface area contributed by atoms with Crippen LogP contribution in [0.2, 0.25) is 0 Å². The lowest BCUT2D eigenvalue weighted by Gasteiger charge is -2.25. The summed E-state index contributed by atoms with van der Waals surface area (Å²) in [5, 5.41) is 0. The molecular weight excluding hydrogens is 200 g/mol. The molecule has 0 N–H and O–H groups in total. The summed E-state index contributed by atoms with van der Waals surface area (Å²) in [7, 11) is 1.69. The molecule has 0 amide bonds. The van der Waals surface area contributed by atoms with Crippen LogP contribution in [0.5, 0.6) is 0 Å². The lowest BCUT2D eigenvalue weighted by atomic mass is 9.96. The molecule has 0 bridgehead atoms. The summed E-state index contributed by atoms with van der Waals surface area (Å²) in [6.07, 6.45) is 4.35. The van der Waals surface area contributed by atoms with Crippen LogP contribution >= 0.6 is 10.7 Å². The molecule has 1 saturated carbocycles. The van der Waals surface area contributed by atoms with Crippen molar-refractivity contribution < 1.29 is 13.2 Å². The Balaban J connectivity index is 1.95. The molecule has 72 valence electrons. The first-order valence-corrected chi connectivity index (χ1v) is 6.60. The molecule has 0 unspecified atom stereocenters. The first kappa shape index (κ1) is 10.3. The molecule has 0 aromatic rings. The maximum absolute atomic E-state index is 10.5. The molecule has 0 aromatic carbocycles. The Morgan fingerprint density at radius 1 is 1.42 bits per heavy atom. The van der Waals surface area contributed by atoms with Gasteiger partial charge in [-0.05, 0) is 25.7 Å². The molecule has 5 heteroatoms. The zero-order chi connectivity index (χ0) is 9.03. The summed E-state index contributed by atoms with van der Waals surface area (Å²) >= 11 is 0. The summed E-state index contributed by atoms with van der Waals surface area (Å²) in [5.74, 6) is 0.0152. The van der Waals surface area contributed by atoms with Gasteiger partial charge in [-0.1, -0.05) is 0 Å². The molecule has 1 aliphatic carbocycles. The molecule has 12 heavy (non-hydrogen) atoms. The second-order valence-corrected chi connectivity index (χ2v) is 5.92. The molecule has 1 aliphatic rings. The zero-order valence-electron chi connectivity index (χ0n) is 6.83. The van der Waals surface area contributed by atoms with Crippen molar-refractivity contribution in [2.24, 2.45) is 0 Å². The highest BCUT2D eigenvalue weighted by Gasteiger charge is 2.17. The lowest BCUT2D eigenvalue weighted by Crippen LogP contribution is -2.22. The number of halogens is 1. The summed E-state index contributed by atoms with van der Waals surface area (Å²) in [6, 6.07) is 0. The lowest BCUT2D eigenvalue weighted by molar-refractivity contribution is 0.00312. The van der Waals surface area contributed by atoms with Gasteiger partial charge in [0.15, 0.2) is 0 Å². The quantitative estimate of drug-likeness (QED) is 0.513. The number of hydrogen-bond acceptors (Lipinski definition) is 3. The standard InChI is InChI=1S/C7H13ClO3S/c8-12(9,10)6-2-5-11-7-3-1-4-7/h7H,1-6H2. The predicted molar refractivity (Wildman–Crippen MR) is 47.8 cm³/mol. The van der Waals surface area contributed by atoms with Crippen LogP contribution in [0.25, 0.3) is 0 Å². The molecule has 3 nitrogen and oxygen atoms in total. The molecule has 0 saturated heterocycles. The van der Waals surface area contributed by atoms with E-state index in [1.165, 1.54) is 6.42 Å². The fourth-order valence-corrected chi connectivity index (χ4v) is 1.81. The van der Waals surface area contributed by atoms with E-state index in [-0.39, 0.29) is 5.75 Å². The van der Waals surface area contributed by atoms with Crippen molar-refractivity contribution in [3.63, 3.8) is 0 Å². The fourth-order valence-electron chi connectivity index (χ4n) is 1.02. The highest BCUT2D eigenvalue weighted by atomic mass is 35.7. The molecule has 0 atom stereocenters. The summed E-state index contributed by atoms with van der Waals surface area (Å²) in [6.45, 7) is 0.511. The van der Waals surface area contributed by atoms with E-state index >= 15 is 0 Å². The average molecular weight is 213 g/mol. The minimum atomic E-state index is -3.32. The van der Waals surface area contributed by atoms with E-state index < -0.39 is 9.05 Å². The fraction of sp³-hybridized carbons (Fsp3) is 1.00. The van der Waals surface area contributed by atoms with Crippen molar-refractivity contribution in [2.45, 2.75) is 31.8 Å². The third-order valence-electron chi connectivity index (χ3n) is 1.94. The van der Waals surface area contributed by atoms with Gasteiger partial charge in [0.2, 0.25) is 9.05 Å². The summed E-state index contributed by atoms with van der Waals surface area (Å²) in [5.41, 5.74) is 0. The number of hydrogen-bond donors (Lipinski definition) is 0. The van der Waals surface area contributed by atoms with E-state index in [1.54, 1.807) is 0 Å². The Morgan fingerprint density at radius 2 is 2.08 bits per heavy atom. The SMILES string of the molecule is O=S(=O)(Cl)CCCOC1CCC1. The van der Waals surface area contributed by atoms with E-state index in [1.807, 2.05) is 0 Å². The molecule has 0 radical (unpaired) electrons.